The van der Waals surface area contributed by atoms with Crippen LogP contribution in [0.25, 0.3) is 10.9 Å². The average molecular weight is 347 g/mol. The summed E-state index contributed by atoms with van der Waals surface area (Å²) in [5, 5.41) is 3.53. The zero-order valence-corrected chi connectivity index (χ0v) is 13.1. The number of anilines is 1. The van der Waals surface area contributed by atoms with Gasteiger partial charge in [-0.25, -0.2) is 13.1 Å². The summed E-state index contributed by atoms with van der Waals surface area (Å²) in [6, 6.07) is 4.96. The van der Waals surface area contributed by atoms with Crippen molar-refractivity contribution in [2.45, 2.75) is 13.1 Å². The van der Waals surface area contributed by atoms with Gasteiger partial charge in [-0.3, -0.25) is 4.98 Å². The quantitative estimate of drug-likeness (QED) is 0.788. The summed E-state index contributed by atoms with van der Waals surface area (Å²) in [6.07, 6.45) is -3.02. The Labute approximate surface area is 132 Å². The van der Waals surface area contributed by atoms with Crippen LogP contribution in [0.3, 0.4) is 0 Å². The molecule has 0 saturated heterocycles. The molecule has 0 radical (unpaired) electrons. The third kappa shape index (κ3) is 4.55. The van der Waals surface area contributed by atoms with Crippen molar-refractivity contribution >= 4 is 26.6 Å². The van der Waals surface area contributed by atoms with Gasteiger partial charge in [0, 0.05) is 30.4 Å². The number of hydrogen-bond acceptors (Lipinski definition) is 4. The molecule has 0 bridgehead atoms. The maximum atomic E-state index is 12.7. The van der Waals surface area contributed by atoms with Crippen molar-refractivity contribution in [3.8, 4) is 0 Å². The Morgan fingerprint density at radius 1 is 1.17 bits per heavy atom. The molecule has 1 aromatic heterocycles. The molecule has 2 aromatic rings. The standard InChI is InChI=1S/C14H16F3N3O2S/c1-2-23(21,22)20-8-7-19-12-5-6-18-13-9-10(14(15,16)17)3-4-11(12)13/h3-6,9,20H,2,7-8H2,1H3,(H,18,19). The second-order valence-corrected chi connectivity index (χ2v) is 6.91. The van der Waals surface area contributed by atoms with E-state index in [2.05, 4.69) is 15.0 Å². The van der Waals surface area contributed by atoms with Crippen LogP contribution in [0.4, 0.5) is 18.9 Å². The molecule has 0 aliphatic carbocycles. The van der Waals surface area contributed by atoms with Crippen molar-refractivity contribution < 1.29 is 21.6 Å². The highest BCUT2D eigenvalue weighted by atomic mass is 32.2. The van der Waals surface area contributed by atoms with E-state index >= 15 is 0 Å². The van der Waals surface area contributed by atoms with Crippen LogP contribution in [0, 0.1) is 0 Å². The fourth-order valence-corrected chi connectivity index (χ4v) is 2.60. The van der Waals surface area contributed by atoms with Gasteiger partial charge in [0.25, 0.3) is 0 Å². The van der Waals surface area contributed by atoms with Gasteiger partial charge in [0.15, 0.2) is 0 Å². The molecule has 126 valence electrons. The molecule has 2 N–H and O–H groups in total. The maximum Gasteiger partial charge on any atom is 0.416 e. The topological polar surface area (TPSA) is 71.1 Å². The molecule has 0 saturated carbocycles. The molecule has 0 unspecified atom stereocenters. The number of pyridine rings is 1. The second kappa shape index (κ2) is 6.71. The maximum absolute atomic E-state index is 12.7. The van der Waals surface area contributed by atoms with Crippen LogP contribution in [0.5, 0.6) is 0 Å². The van der Waals surface area contributed by atoms with Gasteiger partial charge in [0.2, 0.25) is 10.0 Å². The number of sulfonamides is 1. The van der Waals surface area contributed by atoms with Crippen LogP contribution in [-0.4, -0.2) is 32.2 Å². The predicted molar refractivity (Wildman–Crippen MR) is 82.7 cm³/mol. The van der Waals surface area contributed by atoms with Crippen LogP contribution in [-0.2, 0) is 16.2 Å². The molecule has 0 atom stereocenters. The summed E-state index contributed by atoms with van der Waals surface area (Å²) in [6.45, 7) is 2.02. The minimum Gasteiger partial charge on any atom is -0.383 e. The fourth-order valence-electron chi connectivity index (χ4n) is 1.98. The van der Waals surface area contributed by atoms with Gasteiger partial charge in [-0.05, 0) is 25.1 Å². The van der Waals surface area contributed by atoms with Gasteiger partial charge in [0.05, 0.1) is 16.8 Å². The van der Waals surface area contributed by atoms with Crippen LogP contribution in [0.2, 0.25) is 0 Å². The van der Waals surface area contributed by atoms with Crippen molar-refractivity contribution in [3.63, 3.8) is 0 Å². The first-order valence-electron chi connectivity index (χ1n) is 6.90. The van der Waals surface area contributed by atoms with E-state index in [0.29, 0.717) is 17.6 Å². The first-order chi connectivity index (χ1) is 10.7. The third-order valence-corrected chi connectivity index (χ3v) is 4.62. The number of halogens is 3. The van der Waals surface area contributed by atoms with Crippen LogP contribution in [0.1, 0.15) is 12.5 Å². The number of alkyl halides is 3. The van der Waals surface area contributed by atoms with E-state index in [0.717, 1.165) is 12.1 Å². The number of hydrogen-bond donors (Lipinski definition) is 2. The van der Waals surface area contributed by atoms with E-state index in [1.54, 1.807) is 6.07 Å². The van der Waals surface area contributed by atoms with Gasteiger partial charge in [-0.2, -0.15) is 13.2 Å². The Kier molecular flexibility index (Phi) is 5.10. The van der Waals surface area contributed by atoms with E-state index < -0.39 is 21.8 Å². The first-order valence-corrected chi connectivity index (χ1v) is 8.55. The summed E-state index contributed by atoms with van der Waals surface area (Å²) in [5.41, 5.74) is 0.0590. The Balaban J connectivity index is 2.13. The van der Waals surface area contributed by atoms with E-state index in [4.69, 9.17) is 0 Å². The summed E-state index contributed by atoms with van der Waals surface area (Å²) in [4.78, 5) is 3.95. The van der Waals surface area contributed by atoms with Crippen molar-refractivity contribution in [3.05, 3.63) is 36.0 Å². The normalized spacial score (nSPS) is 12.5. The number of benzene rings is 1. The molecule has 1 heterocycles. The number of rotatable bonds is 6. The zero-order chi connectivity index (χ0) is 17.1. The lowest BCUT2D eigenvalue weighted by Crippen LogP contribution is -2.30. The summed E-state index contributed by atoms with van der Waals surface area (Å²) in [5.74, 6) is -0.00853. The molecule has 0 aliphatic heterocycles. The highest BCUT2D eigenvalue weighted by Gasteiger charge is 2.30. The van der Waals surface area contributed by atoms with Gasteiger partial charge >= 0.3 is 6.18 Å². The lowest BCUT2D eigenvalue weighted by atomic mass is 10.1. The van der Waals surface area contributed by atoms with Crippen molar-refractivity contribution in [2.75, 3.05) is 24.2 Å². The highest BCUT2D eigenvalue weighted by Crippen LogP contribution is 2.32. The van der Waals surface area contributed by atoms with Crippen LogP contribution < -0.4 is 10.0 Å². The largest absolute Gasteiger partial charge is 0.416 e. The summed E-state index contributed by atoms with van der Waals surface area (Å²) < 4.78 is 63.1. The third-order valence-electron chi connectivity index (χ3n) is 3.21. The van der Waals surface area contributed by atoms with Crippen molar-refractivity contribution in [1.29, 1.82) is 0 Å². The van der Waals surface area contributed by atoms with Crippen LogP contribution >= 0.6 is 0 Å². The number of nitrogens with zero attached hydrogens (tertiary/aromatic N) is 1. The molecular weight excluding hydrogens is 331 g/mol. The molecule has 2 rings (SSSR count). The van der Waals surface area contributed by atoms with E-state index in [1.807, 2.05) is 0 Å². The van der Waals surface area contributed by atoms with Crippen molar-refractivity contribution in [1.82, 2.24) is 9.71 Å². The fraction of sp³-hybridized carbons (Fsp3) is 0.357. The second-order valence-electron chi connectivity index (χ2n) is 4.81. The average Bonchev–Trinajstić information content (AvgIpc) is 2.50. The van der Waals surface area contributed by atoms with E-state index in [1.165, 1.54) is 19.2 Å². The van der Waals surface area contributed by atoms with Gasteiger partial charge in [-0.1, -0.05) is 6.07 Å². The van der Waals surface area contributed by atoms with E-state index in [-0.39, 0.29) is 17.8 Å². The minimum absolute atomic E-state index is 0.00853. The molecule has 5 nitrogen and oxygen atoms in total. The number of fused-ring (bicyclic) bond motifs is 1. The Morgan fingerprint density at radius 2 is 1.91 bits per heavy atom. The molecular formula is C14H16F3N3O2S. The zero-order valence-electron chi connectivity index (χ0n) is 12.3. The molecule has 0 aliphatic rings. The molecule has 0 fully saturated rings. The van der Waals surface area contributed by atoms with E-state index in [9.17, 15) is 21.6 Å². The molecule has 9 heteroatoms. The Morgan fingerprint density at radius 3 is 2.57 bits per heavy atom. The summed E-state index contributed by atoms with van der Waals surface area (Å²) >= 11 is 0. The number of aromatic nitrogens is 1. The van der Waals surface area contributed by atoms with Crippen LogP contribution in [0.15, 0.2) is 30.5 Å². The lowest BCUT2D eigenvalue weighted by Gasteiger charge is -2.12. The Bertz CT molecular complexity index is 791. The number of nitrogens with one attached hydrogen (secondary N) is 2. The smallest absolute Gasteiger partial charge is 0.383 e. The first kappa shape index (κ1) is 17.5. The van der Waals surface area contributed by atoms with Crippen molar-refractivity contribution in [2.24, 2.45) is 0 Å². The van der Waals surface area contributed by atoms with Gasteiger partial charge < -0.3 is 5.32 Å². The SMILES string of the molecule is CCS(=O)(=O)NCCNc1ccnc2cc(C(F)(F)F)ccc12. The lowest BCUT2D eigenvalue weighted by molar-refractivity contribution is -0.137. The Hall–Kier alpha value is -1.87. The summed E-state index contributed by atoms with van der Waals surface area (Å²) in [7, 11) is -3.27. The molecule has 0 amide bonds. The van der Waals surface area contributed by atoms with Gasteiger partial charge in [-0.15, -0.1) is 0 Å². The monoisotopic (exact) mass is 347 g/mol. The highest BCUT2D eigenvalue weighted by molar-refractivity contribution is 7.89. The minimum atomic E-state index is -4.42. The molecule has 0 spiro atoms. The molecule has 1 aromatic carbocycles. The van der Waals surface area contributed by atoms with Gasteiger partial charge in [0.1, 0.15) is 0 Å². The predicted octanol–water partition coefficient (Wildman–Crippen LogP) is 2.60. The molecule has 23 heavy (non-hydrogen) atoms.